The minimum absolute atomic E-state index is 0.538. The lowest BCUT2D eigenvalue weighted by atomic mass is 10.2. The predicted molar refractivity (Wildman–Crippen MR) is 67.4 cm³/mol. The van der Waals surface area contributed by atoms with Crippen molar-refractivity contribution in [3.05, 3.63) is 42.0 Å². The van der Waals surface area contributed by atoms with E-state index in [1.54, 1.807) is 6.20 Å². The fourth-order valence-corrected chi connectivity index (χ4v) is 1.62. The number of hydrogen-bond acceptors (Lipinski definition) is 5. The number of anilines is 2. The number of hydrogen-bond donors (Lipinski definition) is 2. The summed E-state index contributed by atoms with van der Waals surface area (Å²) in [6, 6.07) is 3.92. The van der Waals surface area contributed by atoms with Gasteiger partial charge in [-0.05, 0) is 18.1 Å². The zero-order valence-electron chi connectivity index (χ0n) is 9.72. The second kappa shape index (κ2) is 5.25. The first-order valence-electron chi connectivity index (χ1n) is 5.53. The second-order valence-electron chi connectivity index (χ2n) is 3.65. The standard InChI is InChI=1S/C12H15N5/c1-2-10-11(13)16-8-17-12(10)15-7-9-4-3-5-14-6-9/h3-6,8H,2,7H2,1H3,(H3,13,15,16,17). The number of pyridine rings is 1. The summed E-state index contributed by atoms with van der Waals surface area (Å²) in [6.07, 6.45) is 5.86. The summed E-state index contributed by atoms with van der Waals surface area (Å²) >= 11 is 0. The van der Waals surface area contributed by atoms with Gasteiger partial charge in [0.25, 0.3) is 0 Å². The molecule has 0 aromatic carbocycles. The van der Waals surface area contributed by atoms with E-state index >= 15 is 0 Å². The molecule has 5 nitrogen and oxygen atoms in total. The molecule has 0 aliphatic rings. The van der Waals surface area contributed by atoms with Gasteiger partial charge in [0.05, 0.1) is 0 Å². The first-order chi connectivity index (χ1) is 8.31. The SMILES string of the molecule is CCc1c(N)ncnc1NCc1cccnc1. The van der Waals surface area contributed by atoms with Crippen LogP contribution in [0.1, 0.15) is 18.1 Å². The normalized spacial score (nSPS) is 10.2. The summed E-state index contributed by atoms with van der Waals surface area (Å²) in [5.41, 5.74) is 7.86. The van der Waals surface area contributed by atoms with Crippen molar-refractivity contribution >= 4 is 11.6 Å². The molecule has 0 aliphatic heterocycles. The zero-order chi connectivity index (χ0) is 12.1. The molecule has 0 spiro atoms. The maximum absolute atomic E-state index is 5.80. The molecule has 0 aliphatic carbocycles. The Bertz CT molecular complexity index is 484. The largest absolute Gasteiger partial charge is 0.383 e. The van der Waals surface area contributed by atoms with Gasteiger partial charge in [-0.2, -0.15) is 0 Å². The molecule has 2 rings (SSSR count). The first-order valence-corrected chi connectivity index (χ1v) is 5.53. The van der Waals surface area contributed by atoms with E-state index in [1.807, 2.05) is 25.3 Å². The van der Waals surface area contributed by atoms with Crippen LogP contribution in [-0.4, -0.2) is 15.0 Å². The highest BCUT2D eigenvalue weighted by molar-refractivity contribution is 5.54. The average Bonchev–Trinajstić information content (AvgIpc) is 2.37. The maximum atomic E-state index is 5.80. The fraction of sp³-hybridized carbons (Fsp3) is 0.250. The third-order valence-electron chi connectivity index (χ3n) is 2.51. The molecule has 0 amide bonds. The Hall–Kier alpha value is -2.17. The summed E-state index contributed by atoms with van der Waals surface area (Å²) in [6.45, 7) is 2.71. The molecule has 88 valence electrons. The van der Waals surface area contributed by atoms with Crippen molar-refractivity contribution in [3.8, 4) is 0 Å². The van der Waals surface area contributed by atoms with Gasteiger partial charge in [0.15, 0.2) is 0 Å². The van der Waals surface area contributed by atoms with Crippen LogP contribution in [0.25, 0.3) is 0 Å². The van der Waals surface area contributed by atoms with Gasteiger partial charge in [-0.25, -0.2) is 9.97 Å². The molecule has 2 heterocycles. The number of aromatic nitrogens is 3. The summed E-state index contributed by atoms with van der Waals surface area (Å²) in [7, 11) is 0. The quantitative estimate of drug-likeness (QED) is 0.833. The molecule has 3 N–H and O–H groups in total. The average molecular weight is 229 g/mol. The Balaban J connectivity index is 2.12. The van der Waals surface area contributed by atoms with E-state index in [1.165, 1.54) is 6.33 Å². The zero-order valence-corrected chi connectivity index (χ0v) is 9.72. The second-order valence-corrected chi connectivity index (χ2v) is 3.65. The van der Waals surface area contributed by atoms with Crippen LogP contribution in [0.4, 0.5) is 11.6 Å². The topological polar surface area (TPSA) is 76.7 Å². The molecule has 0 radical (unpaired) electrons. The van der Waals surface area contributed by atoms with Crippen molar-refractivity contribution in [3.63, 3.8) is 0 Å². The lowest BCUT2D eigenvalue weighted by Gasteiger charge is -2.10. The summed E-state index contributed by atoms with van der Waals surface area (Å²) in [4.78, 5) is 12.2. The third kappa shape index (κ3) is 2.69. The smallest absolute Gasteiger partial charge is 0.134 e. The maximum Gasteiger partial charge on any atom is 0.134 e. The molecule has 2 aromatic rings. The van der Waals surface area contributed by atoms with Gasteiger partial charge in [-0.15, -0.1) is 0 Å². The van der Waals surface area contributed by atoms with Crippen molar-refractivity contribution in [1.82, 2.24) is 15.0 Å². The van der Waals surface area contributed by atoms with Crippen molar-refractivity contribution in [2.45, 2.75) is 19.9 Å². The molecule has 2 aromatic heterocycles. The highest BCUT2D eigenvalue weighted by Crippen LogP contribution is 2.18. The van der Waals surface area contributed by atoms with E-state index in [2.05, 4.69) is 20.3 Å². The monoisotopic (exact) mass is 229 g/mol. The van der Waals surface area contributed by atoms with Gasteiger partial charge in [-0.3, -0.25) is 4.98 Å². The minimum atomic E-state index is 0.538. The van der Waals surface area contributed by atoms with Gasteiger partial charge in [0.2, 0.25) is 0 Å². The molecular weight excluding hydrogens is 214 g/mol. The van der Waals surface area contributed by atoms with Gasteiger partial charge in [0.1, 0.15) is 18.0 Å². The van der Waals surface area contributed by atoms with Crippen LogP contribution in [0, 0.1) is 0 Å². The van der Waals surface area contributed by atoms with Crippen LogP contribution in [-0.2, 0) is 13.0 Å². The first kappa shape index (κ1) is 11.3. The van der Waals surface area contributed by atoms with E-state index in [4.69, 9.17) is 5.73 Å². The Morgan fingerprint density at radius 2 is 2.24 bits per heavy atom. The van der Waals surface area contributed by atoms with Crippen molar-refractivity contribution in [2.24, 2.45) is 0 Å². The Kier molecular flexibility index (Phi) is 3.49. The van der Waals surface area contributed by atoms with Crippen LogP contribution >= 0.6 is 0 Å². The van der Waals surface area contributed by atoms with Gasteiger partial charge in [0, 0.05) is 24.5 Å². The van der Waals surface area contributed by atoms with Gasteiger partial charge < -0.3 is 11.1 Å². The Morgan fingerprint density at radius 3 is 2.94 bits per heavy atom. The van der Waals surface area contributed by atoms with E-state index in [9.17, 15) is 0 Å². The third-order valence-corrected chi connectivity index (χ3v) is 2.51. The van der Waals surface area contributed by atoms with Crippen LogP contribution in [0.3, 0.4) is 0 Å². The Labute approximate surface area is 100 Å². The molecule has 0 fully saturated rings. The molecule has 17 heavy (non-hydrogen) atoms. The van der Waals surface area contributed by atoms with Gasteiger partial charge >= 0.3 is 0 Å². The summed E-state index contributed by atoms with van der Waals surface area (Å²) in [5.74, 6) is 1.33. The summed E-state index contributed by atoms with van der Waals surface area (Å²) in [5, 5.41) is 3.25. The fourth-order valence-electron chi connectivity index (χ4n) is 1.62. The van der Waals surface area contributed by atoms with Crippen molar-refractivity contribution < 1.29 is 0 Å². The van der Waals surface area contributed by atoms with E-state index in [0.29, 0.717) is 12.4 Å². The predicted octanol–water partition coefficient (Wildman–Crippen LogP) is 1.63. The minimum Gasteiger partial charge on any atom is -0.383 e. The number of nitrogens with two attached hydrogens (primary N) is 1. The lowest BCUT2D eigenvalue weighted by molar-refractivity contribution is 1.01. The molecule has 5 heteroatoms. The molecular formula is C12H15N5. The Morgan fingerprint density at radius 1 is 1.35 bits per heavy atom. The van der Waals surface area contributed by atoms with E-state index in [-0.39, 0.29) is 0 Å². The number of nitrogens with one attached hydrogen (secondary N) is 1. The van der Waals surface area contributed by atoms with Crippen LogP contribution < -0.4 is 11.1 Å². The highest BCUT2D eigenvalue weighted by Gasteiger charge is 2.06. The van der Waals surface area contributed by atoms with Crippen molar-refractivity contribution in [2.75, 3.05) is 11.1 Å². The summed E-state index contributed by atoms with van der Waals surface area (Å²) < 4.78 is 0. The van der Waals surface area contributed by atoms with Crippen LogP contribution in [0.5, 0.6) is 0 Å². The lowest BCUT2D eigenvalue weighted by Crippen LogP contribution is -2.07. The van der Waals surface area contributed by atoms with Crippen molar-refractivity contribution in [1.29, 1.82) is 0 Å². The molecule has 0 atom stereocenters. The van der Waals surface area contributed by atoms with Crippen LogP contribution in [0.2, 0.25) is 0 Å². The van der Waals surface area contributed by atoms with Crippen LogP contribution in [0.15, 0.2) is 30.9 Å². The van der Waals surface area contributed by atoms with E-state index in [0.717, 1.165) is 23.4 Å². The number of rotatable bonds is 4. The molecule has 0 saturated carbocycles. The highest BCUT2D eigenvalue weighted by atomic mass is 15.0. The van der Waals surface area contributed by atoms with E-state index < -0.39 is 0 Å². The molecule has 0 saturated heterocycles. The number of nitrogens with zero attached hydrogens (tertiary/aromatic N) is 3. The number of nitrogen functional groups attached to an aromatic ring is 1. The van der Waals surface area contributed by atoms with Gasteiger partial charge in [-0.1, -0.05) is 13.0 Å². The molecule has 0 bridgehead atoms. The molecule has 0 unspecified atom stereocenters.